The molecule has 0 amide bonds. The fourth-order valence-electron chi connectivity index (χ4n) is 2.97. The van der Waals surface area contributed by atoms with Crippen molar-refractivity contribution >= 4 is 35.8 Å². The predicted molar refractivity (Wildman–Crippen MR) is 123 cm³/mol. The van der Waals surface area contributed by atoms with Gasteiger partial charge in [-0.25, -0.2) is 4.98 Å². The Kier molecular flexibility index (Phi) is 12.4. The van der Waals surface area contributed by atoms with Crippen molar-refractivity contribution < 1.29 is 4.74 Å². The van der Waals surface area contributed by atoms with Crippen LogP contribution in [0.15, 0.2) is 23.3 Å². The number of hydrogen-bond donors (Lipinski definition) is 2. The number of rotatable bonds is 9. The van der Waals surface area contributed by atoms with Crippen molar-refractivity contribution in [3.05, 3.63) is 23.9 Å². The van der Waals surface area contributed by atoms with Gasteiger partial charge in [-0.3, -0.25) is 4.99 Å². The summed E-state index contributed by atoms with van der Waals surface area (Å²) in [4.78, 5) is 13.7. The largest absolute Gasteiger partial charge is 0.382 e. The van der Waals surface area contributed by atoms with Gasteiger partial charge in [0, 0.05) is 65.7 Å². The molecule has 1 fully saturated rings. The van der Waals surface area contributed by atoms with E-state index in [2.05, 4.69) is 49.5 Å². The molecule has 7 nitrogen and oxygen atoms in total. The Bertz CT molecular complexity index is 549. The highest BCUT2D eigenvalue weighted by molar-refractivity contribution is 14.0. The third-order valence-corrected chi connectivity index (χ3v) is 4.60. The molecule has 0 bridgehead atoms. The summed E-state index contributed by atoms with van der Waals surface area (Å²) in [6.45, 7) is 12.8. The van der Waals surface area contributed by atoms with E-state index < -0.39 is 0 Å². The lowest BCUT2D eigenvalue weighted by atomic mass is 10.2. The second kappa shape index (κ2) is 14.0. The minimum absolute atomic E-state index is 0. The van der Waals surface area contributed by atoms with Gasteiger partial charge in [0.15, 0.2) is 5.96 Å². The molecule has 1 aliphatic heterocycles. The van der Waals surface area contributed by atoms with Crippen LogP contribution in [-0.4, -0.2) is 75.4 Å². The van der Waals surface area contributed by atoms with Crippen molar-refractivity contribution in [2.24, 2.45) is 4.99 Å². The van der Waals surface area contributed by atoms with Crippen LogP contribution in [0.5, 0.6) is 0 Å². The second-order valence-electron chi connectivity index (χ2n) is 6.35. The van der Waals surface area contributed by atoms with Crippen LogP contribution < -0.4 is 15.5 Å². The number of nitrogens with one attached hydrogen (secondary N) is 2. The molecule has 0 unspecified atom stereocenters. The van der Waals surface area contributed by atoms with Crippen LogP contribution in [0, 0.1) is 0 Å². The number of pyridine rings is 1. The van der Waals surface area contributed by atoms with Gasteiger partial charge in [-0.1, -0.05) is 6.92 Å². The van der Waals surface area contributed by atoms with Gasteiger partial charge in [0.05, 0.1) is 0 Å². The highest BCUT2D eigenvalue weighted by Gasteiger charge is 2.16. The number of guanidine groups is 1. The summed E-state index contributed by atoms with van der Waals surface area (Å²) < 4.78 is 5.35. The average molecular weight is 490 g/mol. The minimum Gasteiger partial charge on any atom is -0.382 e. The van der Waals surface area contributed by atoms with Gasteiger partial charge in [0.1, 0.15) is 5.82 Å². The first-order valence-corrected chi connectivity index (χ1v) is 9.71. The lowest BCUT2D eigenvalue weighted by Gasteiger charge is -2.34. The van der Waals surface area contributed by atoms with Crippen molar-refractivity contribution in [1.29, 1.82) is 0 Å². The van der Waals surface area contributed by atoms with E-state index in [9.17, 15) is 0 Å². The lowest BCUT2D eigenvalue weighted by Crippen LogP contribution is -2.46. The Morgan fingerprint density at radius 1 is 1.22 bits per heavy atom. The Morgan fingerprint density at radius 3 is 2.67 bits per heavy atom. The molecular weight excluding hydrogens is 455 g/mol. The zero-order valence-corrected chi connectivity index (χ0v) is 19.2. The van der Waals surface area contributed by atoms with Crippen molar-refractivity contribution in [3.8, 4) is 0 Å². The van der Waals surface area contributed by atoms with Crippen LogP contribution in [0.4, 0.5) is 5.82 Å². The van der Waals surface area contributed by atoms with Crippen LogP contribution in [-0.2, 0) is 11.3 Å². The maximum absolute atomic E-state index is 5.35. The van der Waals surface area contributed by atoms with Crippen molar-refractivity contribution in [2.45, 2.75) is 26.8 Å². The van der Waals surface area contributed by atoms with E-state index in [1.54, 1.807) is 7.05 Å². The molecule has 2 N–H and O–H groups in total. The Labute approximate surface area is 181 Å². The molecule has 0 saturated carbocycles. The van der Waals surface area contributed by atoms with Gasteiger partial charge in [0.2, 0.25) is 0 Å². The Morgan fingerprint density at radius 2 is 2.00 bits per heavy atom. The van der Waals surface area contributed by atoms with E-state index >= 15 is 0 Å². The maximum atomic E-state index is 5.35. The maximum Gasteiger partial charge on any atom is 0.191 e. The summed E-state index contributed by atoms with van der Waals surface area (Å²) in [5, 5.41) is 6.68. The molecule has 8 heteroatoms. The van der Waals surface area contributed by atoms with Gasteiger partial charge in [-0.05, 0) is 37.6 Å². The molecule has 0 spiro atoms. The summed E-state index contributed by atoms with van der Waals surface area (Å²) in [6, 6.07) is 4.23. The number of hydrogen-bond acceptors (Lipinski definition) is 5. The van der Waals surface area contributed by atoms with Gasteiger partial charge >= 0.3 is 0 Å². The van der Waals surface area contributed by atoms with Crippen molar-refractivity contribution in [3.63, 3.8) is 0 Å². The number of halogens is 1. The van der Waals surface area contributed by atoms with E-state index in [1.165, 1.54) is 5.56 Å². The SMILES string of the molecule is CCOCCCNC(=NC)NCc1ccnc(N2CCN(CC)CC2)c1.I. The molecular formula is C19H35IN6O. The molecule has 27 heavy (non-hydrogen) atoms. The van der Waals surface area contributed by atoms with Gasteiger partial charge in [0.25, 0.3) is 0 Å². The molecule has 0 radical (unpaired) electrons. The quantitative estimate of drug-likeness (QED) is 0.239. The first-order valence-electron chi connectivity index (χ1n) is 9.71. The highest BCUT2D eigenvalue weighted by Crippen LogP contribution is 2.15. The monoisotopic (exact) mass is 490 g/mol. The molecule has 0 aromatic carbocycles. The molecule has 154 valence electrons. The van der Waals surface area contributed by atoms with E-state index in [0.29, 0.717) is 0 Å². The molecule has 0 atom stereocenters. The third kappa shape index (κ3) is 8.61. The fraction of sp³-hybridized carbons (Fsp3) is 0.684. The van der Waals surface area contributed by atoms with Crippen molar-refractivity contribution in [2.75, 3.05) is 64.4 Å². The number of anilines is 1. The summed E-state index contributed by atoms with van der Waals surface area (Å²) in [5.41, 5.74) is 1.21. The molecule has 1 aliphatic rings. The first kappa shape index (κ1) is 23.9. The molecule has 1 aromatic heterocycles. The third-order valence-electron chi connectivity index (χ3n) is 4.60. The Balaban J connectivity index is 0.00000364. The average Bonchev–Trinajstić information content (AvgIpc) is 2.70. The van der Waals surface area contributed by atoms with Crippen LogP contribution in [0.2, 0.25) is 0 Å². The summed E-state index contributed by atoms with van der Waals surface area (Å²) in [6.07, 6.45) is 2.87. The zero-order valence-electron chi connectivity index (χ0n) is 16.9. The zero-order chi connectivity index (χ0) is 18.6. The summed E-state index contributed by atoms with van der Waals surface area (Å²) in [7, 11) is 1.79. The number of aliphatic imine (C=N–C) groups is 1. The van der Waals surface area contributed by atoms with Crippen LogP contribution in [0.3, 0.4) is 0 Å². The van der Waals surface area contributed by atoms with E-state index in [0.717, 1.165) is 77.2 Å². The lowest BCUT2D eigenvalue weighted by molar-refractivity contribution is 0.145. The number of aromatic nitrogens is 1. The normalized spacial score (nSPS) is 15.4. The highest BCUT2D eigenvalue weighted by atomic mass is 127. The molecule has 2 heterocycles. The number of likely N-dealkylation sites (N-methyl/N-ethyl adjacent to an activating group) is 1. The first-order chi connectivity index (χ1) is 12.8. The minimum atomic E-state index is 0. The fourth-order valence-corrected chi connectivity index (χ4v) is 2.97. The Hall–Kier alpha value is -1.13. The van der Waals surface area contributed by atoms with Crippen LogP contribution >= 0.6 is 24.0 Å². The summed E-state index contributed by atoms with van der Waals surface area (Å²) >= 11 is 0. The van der Waals surface area contributed by atoms with Crippen LogP contribution in [0.25, 0.3) is 0 Å². The van der Waals surface area contributed by atoms with Crippen molar-refractivity contribution in [1.82, 2.24) is 20.5 Å². The molecule has 1 aromatic rings. The summed E-state index contributed by atoms with van der Waals surface area (Å²) in [5.74, 6) is 1.89. The van der Waals surface area contributed by atoms with Gasteiger partial charge in [-0.2, -0.15) is 0 Å². The molecule has 1 saturated heterocycles. The van der Waals surface area contributed by atoms with E-state index in [-0.39, 0.29) is 24.0 Å². The predicted octanol–water partition coefficient (Wildman–Crippen LogP) is 1.93. The van der Waals surface area contributed by atoms with Crippen LogP contribution in [0.1, 0.15) is 25.8 Å². The number of nitrogens with zero attached hydrogens (tertiary/aromatic N) is 4. The number of ether oxygens (including phenoxy) is 1. The molecule has 2 rings (SSSR count). The van der Waals surface area contributed by atoms with Gasteiger partial charge < -0.3 is 25.2 Å². The standard InChI is InChI=1S/C19H34N6O.HI/c1-4-24-10-12-25(13-11-24)18-15-17(7-9-21-18)16-23-19(20-3)22-8-6-14-26-5-2;/h7,9,15H,4-6,8,10-14,16H2,1-3H3,(H2,20,22,23);1H. The van der Waals surface area contributed by atoms with Gasteiger partial charge in [-0.15, -0.1) is 24.0 Å². The molecule has 0 aliphatic carbocycles. The second-order valence-corrected chi connectivity index (χ2v) is 6.35. The van der Waals surface area contributed by atoms with E-state index in [4.69, 9.17) is 4.74 Å². The number of piperazine rings is 1. The topological polar surface area (TPSA) is 65.0 Å². The smallest absolute Gasteiger partial charge is 0.191 e. The van der Waals surface area contributed by atoms with E-state index in [1.807, 2.05) is 13.1 Å².